The van der Waals surface area contributed by atoms with Gasteiger partial charge in [0, 0.05) is 92.0 Å². The normalized spacial score (nSPS) is 15.0. The first kappa shape index (κ1) is 38.3. The zero-order valence-electron chi connectivity index (χ0n) is 30.6. The van der Waals surface area contributed by atoms with Gasteiger partial charge in [0.1, 0.15) is 11.6 Å². The monoisotopic (exact) mass is 842 g/mol. The number of fused-ring (bicyclic) bond motifs is 2. The van der Waals surface area contributed by atoms with Gasteiger partial charge in [0.2, 0.25) is 0 Å². The van der Waals surface area contributed by atoms with Crippen molar-refractivity contribution in [3.05, 3.63) is 117 Å². The maximum atomic E-state index is 4.90. The van der Waals surface area contributed by atoms with Gasteiger partial charge in [0.25, 0.3) is 0 Å². The van der Waals surface area contributed by atoms with Crippen molar-refractivity contribution in [3.63, 3.8) is 0 Å². The maximum Gasteiger partial charge on any atom is 0.171 e. The molecule has 2 aliphatic heterocycles. The Bertz CT molecular complexity index is 2070. The van der Waals surface area contributed by atoms with Gasteiger partial charge >= 0.3 is 0 Å². The minimum Gasteiger partial charge on any atom is -0.375 e. The SMILES string of the molecule is Brc1cnn2c(NCc3cccnc3)cc(C3CCNCC3)nc12.C=C(C)N1CCC(c2cc(NCc3cccnc3)n3ncc(Br)c3n2)CC1.CC. The lowest BCUT2D eigenvalue weighted by Gasteiger charge is -2.33. The number of anilines is 2. The van der Waals surface area contributed by atoms with E-state index in [2.05, 4.69) is 111 Å². The third kappa shape index (κ3) is 9.59. The van der Waals surface area contributed by atoms with Crippen LogP contribution < -0.4 is 16.0 Å². The predicted octanol–water partition coefficient (Wildman–Crippen LogP) is 8.20. The van der Waals surface area contributed by atoms with E-state index in [1.54, 1.807) is 24.8 Å². The molecule has 0 bridgehead atoms. The highest BCUT2D eigenvalue weighted by atomic mass is 79.9. The van der Waals surface area contributed by atoms with E-state index < -0.39 is 0 Å². The van der Waals surface area contributed by atoms with Crippen LogP contribution in [0, 0.1) is 0 Å². The Morgan fingerprint density at radius 2 is 1.23 bits per heavy atom. The number of rotatable bonds is 9. The van der Waals surface area contributed by atoms with E-state index in [-0.39, 0.29) is 0 Å². The molecule has 2 fully saturated rings. The fraction of sp³-hybridized carbons (Fsp3) is 0.385. The number of piperidine rings is 2. The largest absolute Gasteiger partial charge is 0.375 e. The van der Waals surface area contributed by atoms with Crippen LogP contribution in [0.15, 0.2) is 94.8 Å². The number of halogens is 2. The second-order valence-corrected chi connectivity index (χ2v) is 14.7. The summed E-state index contributed by atoms with van der Waals surface area (Å²) in [5, 5.41) is 19.3. The number of allylic oxidation sites excluding steroid dienone is 1. The van der Waals surface area contributed by atoms with Gasteiger partial charge in [-0.2, -0.15) is 19.2 Å². The lowest BCUT2D eigenvalue weighted by Crippen LogP contribution is -2.31. The molecular formula is C39H48Br2N12. The zero-order chi connectivity index (χ0) is 37.2. The van der Waals surface area contributed by atoms with E-state index in [4.69, 9.17) is 9.97 Å². The van der Waals surface area contributed by atoms with E-state index in [1.807, 2.05) is 47.4 Å². The Kier molecular flexibility index (Phi) is 13.4. The summed E-state index contributed by atoms with van der Waals surface area (Å²) >= 11 is 7.14. The predicted molar refractivity (Wildman–Crippen MR) is 219 cm³/mol. The van der Waals surface area contributed by atoms with Crippen molar-refractivity contribution in [3.8, 4) is 0 Å². The van der Waals surface area contributed by atoms with Crippen LogP contribution in [-0.2, 0) is 13.1 Å². The summed E-state index contributed by atoms with van der Waals surface area (Å²) in [6.07, 6.45) is 15.3. The Morgan fingerprint density at radius 1 is 0.755 bits per heavy atom. The van der Waals surface area contributed by atoms with Crippen LogP contribution >= 0.6 is 31.9 Å². The Hall–Kier alpha value is -4.40. The molecule has 0 atom stereocenters. The van der Waals surface area contributed by atoms with Crippen molar-refractivity contribution in [2.24, 2.45) is 0 Å². The fourth-order valence-electron chi connectivity index (χ4n) is 6.65. The Morgan fingerprint density at radius 3 is 1.66 bits per heavy atom. The van der Waals surface area contributed by atoms with E-state index in [9.17, 15) is 0 Å². The van der Waals surface area contributed by atoms with Gasteiger partial charge in [-0.15, -0.1) is 0 Å². The van der Waals surface area contributed by atoms with Crippen molar-refractivity contribution in [2.45, 2.75) is 71.4 Å². The number of pyridine rings is 2. The molecular weight excluding hydrogens is 796 g/mol. The van der Waals surface area contributed by atoms with Crippen LogP contribution in [0.4, 0.5) is 11.6 Å². The summed E-state index contributed by atoms with van der Waals surface area (Å²) in [5.41, 5.74) is 7.39. The highest BCUT2D eigenvalue weighted by Crippen LogP contribution is 2.32. The second kappa shape index (κ2) is 18.6. The van der Waals surface area contributed by atoms with Crippen molar-refractivity contribution in [1.29, 1.82) is 0 Å². The first-order valence-electron chi connectivity index (χ1n) is 18.4. The number of nitrogens with zero attached hydrogens (tertiary/aromatic N) is 9. The molecule has 0 aliphatic carbocycles. The van der Waals surface area contributed by atoms with E-state index in [0.717, 1.165) is 112 Å². The highest BCUT2D eigenvalue weighted by Gasteiger charge is 2.24. The number of likely N-dealkylation sites (tertiary alicyclic amines) is 1. The number of hydrogen-bond acceptors (Lipinski definition) is 10. The Balaban J connectivity index is 0.000000174. The van der Waals surface area contributed by atoms with Crippen molar-refractivity contribution >= 4 is 54.8 Å². The summed E-state index contributed by atoms with van der Waals surface area (Å²) in [5.74, 6) is 2.86. The zero-order valence-corrected chi connectivity index (χ0v) is 33.8. The van der Waals surface area contributed by atoms with Gasteiger partial charge in [-0.05, 0) is 101 Å². The average Bonchev–Trinajstić information content (AvgIpc) is 3.79. The molecule has 0 saturated carbocycles. The van der Waals surface area contributed by atoms with Gasteiger partial charge in [-0.1, -0.05) is 32.6 Å². The molecule has 14 heteroatoms. The first-order valence-corrected chi connectivity index (χ1v) is 20.0. The lowest BCUT2D eigenvalue weighted by atomic mass is 9.93. The molecule has 6 aromatic rings. The summed E-state index contributed by atoms with van der Waals surface area (Å²) in [7, 11) is 0. The van der Waals surface area contributed by atoms with Gasteiger partial charge in [0.15, 0.2) is 11.3 Å². The molecule has 8 rings (SSSR count). The van der Waals surface area contributed by atoms with Crippen molar-refractivity contribution < 1.29 is 0 Å². The van der Waals surface area contributed by atoms with E-state index >= 15 is 0 Å². The van der Waals surface area contributed by atoms with Crippen molar-refractivity contribution in [2.75, 3.05) is 36.8 Å². The highest BCUT2D eigenvalue weighted by molar-refractivity contribution is 9.11. The molecule has 0 amide bonds. The number of aromatic nitrogens is 8. The molecule has 3 N–H and O–H groups in total. The second-order valence-electron chi connectivity index (χ2n) is 13.0. The van der Waals surface area contributed by atoms with Gasteiger partial charge in [0.05, 0.1) is 21.3 Å². The molecule has 0 spiro atoms. The van der Waals surface area contributed by atoms with Crippen molar-refractivity contribution in [1.82, 2.24) is 49.4 Å². The molecule has 0 radical (unpaired) electrons. The third-order valence-electron chi connectivity index (χ3n) is 9.50. The quantitative estimate of drug-likeness (QED) is 0.131. The topological polar surface area (TPSA) is 125 Å². The van der Waals surface area contributed by atoms with E-state index in [0.29, 0.717) is 24.9 Å². The molecule has 53 heavy (non-hydrogen) atoms. The van der Waals surface area contributed by atoms with Crippen LogP contribution in [0.1, 0.15) is 80.8 Å². The molecule has 2 aliphatic rings. The summed E-state index contributed by atoms with van der Waals surface area (Å²) in [4.78, 5) is 20.5. The first-order chi connectivity index (χ1) is 25.9. The van der Waals surface area contributed by atoms with Crippen LogP contribution in [0.25, 0.3) is 11.3 Å². The van der Waals surface area contributed by atoms with Gasteiger partial charge in [-0.3, -0.25) is 9.97 Å². The molecule has 12 nitrogen and oxygen atoms in total. The maximum absolute atomic E-state index is 4.90. The van der Waals surface area contributed by atoms with E-state index in [1.165, 1.54) is 0 Å². The van der Waals surface area contributed by atoms with Crippen LogP contribution in [0.3, 0.4) is 0 Å². The summed E-state index contributed by atoms with van der Waals surface area (Å²) in [6.45, 7) is 15.7. The minimum absolute atomic E-state index is 0.450. The van der Waals surface area contributed by atoms with Gasteiger partial charge < -0.3 is 20.9 Å². The number of nitrogens with one attached hydrogen (secondary N) is 3. The van der Waals surface area contributed by atoms with Gasteiger partial charge in [-0.25, -0.2) is 9.97 Å². The fourth-order valence-corrected chi connectivity index (χ4v) is 7.34. The smallest absolute Gasteiger partial charge is 0.171 e. The standard InChI is InChI=1S/C20H23BrN6.C17H19BrN6.C2H6/c1-14(2)26-8-5-16(6-9-26)18-10-19(23-12-15-4-3-7-22-11-15)27-20(25-18)17(21)13-24-27;18-14-11-22-24-16(21-10-12-2-1-5-20-9-12)8-15(23-17(14)24)13-3-6-19-7-4-13;1-2/h3-4,7,10-11,13,16,23H,1,5-6,8-9,12H2,2H3;1-2,5,8-9,11,13,19,21H,3-4,6-7,10H2;1-2H3. The minimum atomic E-state index is 0.450. The molecule has 2 saturated heterocycles. The van der Waals surface area contributed by atoms with Crippen LogP contribution in [-0.4, -0.2) is 70.2 Å². The summed E-state index contributed by atoms with van der Waals surface area (Å²) in [6, 6.07) is 12.3. The molecule has 6 aromatic heterocycles. The van der Waals surface area contributed by atoms with Crippen LogP contribution in [0.5, 0.6) is 0 Å². The molecule has 0 unspecified atom stereocenters. The molecule has 8 heterocycles. The average molecular weight is 845 g/mol. The molecule has 0 aromatic carbocycles. The molecule has 278 valence electrons. The number of hydrogen-bond donors (Lipinski definition) is 3. The Labute approximate surface area is 328 Å². The van der Waals surface area contributed by atoms with Crippen LogP contribution in [0.2, 0.25) is 0 Å². The lowest BCUT2D eigenvalue weighted by molar-refractivity contribution is 0.262. The summed E-state index contributed by atoms with van der Waals surface area (Å²) < 4.78 is 5.54. The third-order valence-corrected chi connectivity index (χ3v) is 10.6.